The van der Waals surface area contributed by atoms with E-state index in [-0.39, 0.29) is 29.5 Å². The summed E-state index contributed by atoms with van der Waals surface area (Å²) in [5.74, 6) is -0.103. The molecule has 1 saturated carbocycles. The van der Waals surface area contributed by atoms with E-state index in [1.54, 1.807) is 25.3 Å². The number of hydrogen-bond donors (Lipinski definition) is 2. The molecule has 0 spiro atoms. The van der Waals surface area contributed by atoms with E-state index >= 15 is 4.39 Å². The Bertz CT molecular complexity index is 1060. The Hall–Kier alpha value is -2.48. The van der Waals surface area contributed by atoms with Gasteiger partial charge in [-0.15, -0.1) is 0 Å². The highest BCUT2D eigenvalue weighted by Crippen LogP contribution is 2.45. The fourth-order valence-corrected chi connectivity index (χ4v) is 6.02. The van der Waals surface area contributed by atoms with Crippen molar-refractivity contribution < 1.29 is 23.8 Å². The van der Waals surface area contributed by atoms with Gasteiger partial charge >= 0.3 is 0 Å². The second-order valence-electron chi connectivity index (χ2n) is 10.8. The van der Waals surface area contributed by atoms with Gasteiger partial charge < -0.3 is 25.2 Å². The fourth-order valence-electron chi connectivity index (χ4n) is 6.02. The number of unbranched alkanes of at least 4 members (excludes halogenated alkanes) is 1. The predicted octanol–water partition coefficient (Wildman–Crippen LogP) is 5.30. The first-order valence-electron chi connectivity index (χ1n) is 13.6. The number of rotatable bonds is 10. The highest BCUT2D eigenvalue weighted by atomic mass is 19.1. The van der Waals surface area contributed by atoms with Crippen LogP contribution in [0.1, 0.15) is 62.5 Å². The molecule has 1 aliphatic heterocycles. The van der Waals surface area contributed by atoms with Crippen LogP contribution in [0, 0.1) is 24.6 Å². The number of aryl methyl sites for hydroxylation is 1. The molecule has 1 saturated heterocycles. The van der Waals surface area contributed by atoms with Gasteiger partial charge in [-0.1, -0.05) is 24.3 Å². The molecule has 0 aromatic heterocycles. The second-order valence-corrected chi connectivity index (χ2v) is 10.8. The van der Waals surface area contributed by atoms with Crippen molar-refractivity contribution in [3.05, 3.63) is 59.4 Å². The van der Waals surface area contributed by atoms with Gasteiger partial charge in [-0.2, -0.15) is 0 Å². The van der Waals surface area contributed by atoms with Crippen LogP contribution in [0.3, 0.4) is 0 Å². The average molecular weight is 513 g/mol. The Morgan fingerprint density at radius 1 is 1.19 bits per heavy atom. The first kappa shape index (κ1) is 27.6. The van der Waals surface area contributed by atoms with Crippen LogP contribution >= 0.6 is 0 Å². The minimum Gasteiger partial charge on any atom is -0.454 e. The standard InChI is InChI=1S/C30H41FN2O4/c1-21-8-5-10-25(18-21)37-28-26(11-6-12-27(28)31)30(35,15-3-4-17-36-2)23-9-7-16-33(20-23)29(34)22-13-14-24(32)19-22/h5-6,8,10-12,18,22-24,35H,3-4,7,9,13-17,19-20,32H2,1-2H3/t22?,23-,24+,30+/m1/s1. The van der Waals surface area contributed by atoms with Gasteiger partial charge in [0.25, 0.3) is 0 Å². The van der Waals surface area contributed by atoms with E-state index in [0.29, 0.717) is 43.9 Å². The van der Waals surface area contributed by atoms with Crippen molar-refractivity contribution in [2.24, 2.45) is 17.6 Å². The van der Waals surface area contributed by atoms with Gasteiger partial charge in [0.15, 0.2) is 11.6 Å². The van der Waals surface area contributed by atoms with E-state index in [0.717, 1.165) is 44.1 Å². The monoisotopic (exact) mass is 512 g/mol. The molecule has 0 radical (unpaired) electrons. The summed E-state index contributed by atoms with van der Waals surface area (Å²) >= 11 is 0. The van der Waals surface area contributed by atoms with Crippen molar-refractivity contribution in [1.82, 2.24) is 4.90 Å². The smallest absolute Gasteiger partial charge is 0.225 e. The van der Waals surface area contributed by atoms with E-state index in [9.17, 15) is 9.90 Å². The molecular formula is C30H41FN2O4. The van der Waals surface area contributed by atoms with Gasteiger partial charge in [-0.25, -0.2) is 4.39 Å². The molecule has 1 heterocycles. The SMILES string of the molecule is COCCCC[C@@](O)(c1cccc(F)c1Oc1cccc(C)c1)[C@@H]1CCCN(C(=O)C2CC[C@H](N)C2)C1. The maximum Gasteiger partial charge on any atom is 0.225 e. The molecule has 4 atom stereocenters. The summed E-state index contributed by atoms with van der Waals surface area (Å²) in [5.41, 5.74) is 6.15. The Kier molecular flexibility index (Phi) is 9.22. The average Bonchev–Trinajstić information content (AvgIpc) is 3.33. The molecule has 1 amide bonds. The van der Waals surface area contributed by atoms with E-state index in [4.69, 9.17) is 15.2 Å². The number of likely N-dealkylation sites (tertiary alicyclic amines) is 1. The molecule has 202 valence electrons. The Labute approximate surface area is 219 Å². The first-order chi connectivity index (χ1) is 17.8. The van der Waals surface area contributed by atoms with Crippen LogP contribution < -0.4 is 10.5 Å². The van der Waals surface area contributed by atoms with Gasteiger partial charge in [0.05, 0.1) is 5.60 Å². The molecule has 1 unspecified atom stereocenters. The lowest BCUT2D eigenvalue weighted by atomic mass is 9.73. The molecule has 7 heteroatoms. The van der Waals surface area contributed by atoms with Crippen LogP contribution in [0.15, 0.2) is 42.5 Å². The molecule has 37 heavy (non-hydrogen) atoms. The molecular weight excluding hydrogens is 471 g/mol. The number of halogens is 1. The molecule has 2 aromatic rings. The van der Waals surface area contributed by atoms with Crippen molar-refractivity contribution in [2.75, 3.05) is 26.8 Å². The van der Waals surface area contributed by atoms with E-state index in [1.165, 1.54) is 6.07 Å². The van der Waals surface area contributed by atoms with Crippen molar-refractivity contribution in [3.8, 4) is 11.5 Å². The lowest BCUT2D eigenvalue weighted by molar-refractivity contribution is -0.141. The quantitative estimate of drug-likeness (QED) is 0.422. The number of amides is 1. The van der Waals surface area contributed by atoms with Gasteiger partial charge in [0.1, 0.15) is 5.75 Å². The van der Waals surface area contributed by atoms with Crippen LogP contribution in [0.2, 0.25) is 0 Å². The molecule has 1 aliphatic carbocycles. The number of carbonyl (C=O) groups excluding carboxylic acids is 1. The molecule has 4 rings (SSSR count). The summed E-state index contributed by atoms with van der Waals surface area (Å²) in [6.45, 7) is 3.65. The summed E-state index contributed by atoms with van der Waals surface area (Å²) in [5, 5.41) is 12.4. The fraction of sp³-hybridized carbons (Fsp3) is 0.567. The minimum atomic E-state index is -1.36. The molecule has 2 aliphatic rings. The number of piperidine rings is 1. The van der Waals surface area contributed by atoms with Crippen molar-refractivity contribution >= 4 is 5.91 Å². The Morgan fingerprint density at radius 2 is 2.00 bits per heavy atom. The van der Waals surface area contributed by atoms with Crippen LogP contribution in [0.4, 0.5) is 4.39 Å². The van der Waals surface area contributed by atoms with Crippen LogP contribution in [-0.4, -0.2) is 48.8 Å². The maximum absolute atomic E-state index is 15.3. The van der Waals surface area contributed by atoms with Gasteiger partial charge in [0, 0.05) is 50.2 Å². The summed E-state index contributed by atoms with van der Waals surface area (Å²) in [6.07, 6.45) is 5.85. The third-order valence-corrected chi connectivity index (χ3v) is 8.03. The van der Waals surface area contributed by atoms with Gasteiger partial charge in [0.2, 0.25) is 5.91 Å². The van der Waals surface area contributed by atoms with Crippen LogP contribution in [0.25, 0.3) is 0 Å². The number of carbonyl (C=O) groups is 1. The lowest BCUT2D eigenvalue weighted by Gasteiger charge is -2.44. The normalized spacial score (nSPS) is 23.6. The van der Waals surface area contributed by atoms with Crippen LogP contribution in [-0.2, 0) is 15.1 Å². The maximum atomic E-state index is 15.3. The number of ether oxygens (including phenoxy) is 2. The van der Waals surface area contributed by atoms with E-state index < -0.39 is 11.4 Å². The largest absolute Gasteiger partial charge is 0.454 e. The molecule has 6 nitrogen and oxygen atoms in total. The van der Waals surface area contributed by atoms with E-state index in [1.807, 2.05) is 30.0 Å². The summed E-state index contributed by atoms with van der Waals surface area (Å²) in [4.78, 5) is 15.2. The highest BCUT2D eigenvalue weighted by molar-refractivity contribution is 5.79. The second kappa shape index (κ2) is 12.4. The van der Waals surface area contributed by atoms with Crippen molar-refractivity contribution in [2.45, 2.75) is 69.9 Å². The number of nitrogens with two attached hydrogens (primary N) is 1. The number of hydrogen-bond acceptors (Lipinski definition) is 5. The molecule has 2 aromatic carbocycles. The molecule has 2 fully saturated rings. The number of benzene rings is 2. The Balaban J connectivity index is 1.65. The highest BCUT2D eigenvalue weighted by Gasteiger charge is 2.44. The lowest BCUT2D eigenvalue weighted by Crippen LogP contribution is -2.49. The van der Waals surface area contributed by atoms with Crippen LogP contribution in [0.5, 0.6) is 11.5 Å². The third-order valence-electron chi connectivity index (χ3n) is 8.03. The zero-order chi connectivity index (χ0) is 26.4. The van der Waals surface area contributed by atoms with Crippen molar-refractivity contribution in [3.63, 3.8) is 0 Å². The number of aliphatic hydroxyl groups is 1. The van der Waals surface area contributed by atoms with Crippen molar-refractivity contribution in [1.29, 1.82) is 0 Å². The minimum absolute atomic E-state index is 0.0436. The van der Waals surface area contributed by atoms with Gasteiger partial charge in [-0.3, -0.25) is 4.79 Å². The molecule has 0 bridgehead atoms. The first-order valence-corrected chi connectivity index (χ1v) is 13.6. The number of methoxy groups -OCH3 is 1. The number of nitrogens with zero attached hydrogens (tertiary/aromatic N) is 1. The number of para-hydroxylation sites is 1. The topological polar surface area (TPSA) is 85.0 Å². The summed E-state index contributed by atoms with van der Waals surface area (Å²) in [6, 6.07) is 12.3. The predicted molar refractivity (Wildman–Crippen MR) is 142 cm³/mol. The summed E-state index contributed by atoms with van der Waals surface area (Å²) < 4.78 is 26.6. The molecule has 3 N–H and O–H groups in total. The zero-order valence-electron chi connectivity index (χ0n) is 22.1. The summed E-state index contributed by atoms with van der Waals surface area (Å²) in [7, 11) is 1.66. The zero-order valence-corrected chi connectivity index (χ0v) is 22.1. The van der Waals surface area contributed by atoms with Gasteiger partial charge in [-0.05, 0) is 82.1 Å². The Morgan fingerprint density at radius 3 is 2.73 bits per heavy atom. The third kappa shape index (κ3) is 6.51. The van der Waals surface area contributed by atoms with E-state index in [2.05, 4.69) is 0 Å².